The number of thioether (sulfide) groups is 1. The van der Waals surface area contributed by atoms with E-state index < -0.39 is 16.3 Å². The average Bonchev–Trinajstić information content (AvgIpc) is 2.54. The molecular formula is C17H20N2O3S. The number of carbonyl (C=O) groups excluding carboxylic acids is 3. The van der Waals surface area contributed by atoms with Crippen molar-refractivity contribution in [3.8, 4) is 0 Å². The van der Waals surface area contributed by atoms with Crippen LogP contribution in [0.5, 0.6) is 0 Å². The molecule has 6 heteroatoms. The highest BCUT2D eigenvalue weighted by molar-refractivity contribution is 8.00. The van der Waals surface area contributed by atoms with E-state index in [1.54, 1.807) is 30.7 Å². The Bertz CT molecular complexity index is 692. The van der Waals surface area contributed by atoms with E-state index in [1.165, 1.54) is 11.8 Å². The minimum Gasteiger partial charge on any atom is -0.312 e. The van der Waals surface area contributed by atoms with Crippen LogP contribution in [0.1, 0.15) is 20.3 Å². The summed E-state index contributed by atoms with van der Waals surface area (Å²) in [6.45, 7) is 3.20. The molecule has 0 unspecified atom stereocenters. The molecule has 0 aromatic heterocycles. The van der Waals surface area contributed by atoms with Crippen molar-refractivity contribution < 1.29 is 14.4 Å². The fraction of sp³-hybridized carbons (Fsp3) is 0.471. The lowest BCUT2D eigenvalue weighted by molar-refractivity contribution is -0.170. The van der Waals surface area contributed by atoms with Crippen LogP contribution in [-0.4, -0.2) is 40.8 Å². The number of ketones is 1. The number of amides is 2. The predicted octanol–water partition coefficient (Wildman–Crippen LogP) is 2.12. The maximum atomic E-state index is 13.2. The molecule has 4 rings (SSSR count). The van der Waals surface area contributed by atoms with Gasteiger partial charge in [-0.1, -0.05) is 18.2 Å². The van der Waals surface area contributed by atoms with Crippen LogP contribution in [0.25, 0.3) is 0 Å². The molecule has 3 saturated heterocycles. The van der Waals surface area contributed by atoms with Crippen molar-refractivity contribution in [3.63, 3.8) is 0 Å². The lowest BCUT2D eigenvalue weighted by Crippen LogP contribution is -2.80. The number of piperidine rings is 2. The molecule has 0 spiro atoms. The van der Waals surface area contributed by atoms with E-state index >= 15 is 0 Å². The van der Waals surface area contributed by atoms with E-state index in [1.807, 2.05) is 36.6 Å². The number of Topliss-reactive ketones (excluding diaryl/α,β-unsaturated/α-hetero) is 1. The van der Waals surface area contributed by atoms with Crippen molar-refractivity contribution in [2.75, 3.05) is 18.2 Å². The normalized spacial score (nSPS) is 33.3. The first-order chi connectivity index (χ1) is 10.8. The monoisotopic (exact) mass is 332 g/mol. The molecule has 1 aromatic carbocycles. The number of hydrogen-bond acceptors (Lipinski definition) is 4. The molecule has 3 fully saturated rings. The van der Waals surface area contributed by atoms with Crippen molar-refractivity contribution >= 4 is 35.0 Å². The number of anilines is 1. The maximum absolute atomic E-state index is 13.2. The summed E-state index contributed by atoms with van der Waals surface area (Å²) in [6.07, 6.45) is 2.12. The van der Waals surface area contributed by atoms with Crippen LogP contribution in [0.2, 0.25) is 0 Å². The van der Waals surface area contributed by atoms with Crippen molar-refractivity contribution in [2.24, 2.45) is 11.3 Å². The second-order valence-electron chi connectivity index (χ2n) is 6.40. The Hall–Kier alpha value is -1.82. The minimum atomic E-state index is -1.18. The number of nitrogens with zero attached hydrogens (tertiary/aromatic N) is 2. The van der Waals surface area contributed by atoms with Crippen LogP contribution >= 0.6 is 11.8 Å². The molecule has 0 aliphatic carbocycles. The Labute approximate surface area is 140 Å². The van der Waals surface area contributed by atoms with Gasteiger partial charge in [-0.15, -0.1) is 11.8 Å². The maximum Gasteiger partial charge on any atom is 0.245 e. The standard InChI is InChI=1S/C17H20N2O3S/c1-11(20)13-10-16(2)14(21)18(3)17(13,23-4)19(15(16)22)12-8-6-5-7-9-12/h5-9,13H,10H2,1-4H3/t13-,16+,17+/m0/s1. The summed E-state index contributed by atoms with van der Waals surface area (Å²) in [6, 6.07) is 9.27. The highest BCUT2D eigenvalue weighted by Gasteiger charge is 2.70. The Morgan fingerprint density at radius 3 is 2.35 bits per heavy atom. The molecule has 3 aliphatic rings. The zero-order valence-electron chi connectivity index (χ0n) is 13.7. The van der Waals surface area contributed by atoms with E-state index in [2.05, 4.69) is 0 Å². The van der Waals surface area contributed by atoms with Crippen LogP contribution in [0, 0.1) is 11.3 Å². The summed E-state index contributed by atoms with van der Waals surface area (Å²) in [7, 11) is 1.69. The number of rotatable bonds is 3. The molecule has 3 atom stereocenters. The Morgan fingerprint density at radius 1 is 1.22 bits per heavy atom. The largest absolute Gasteiger partial charge is 0.312 e. The molecule has 1 aromatic rings. The van der Waals surface area contributed by atoms with Crippen molar-refractivity contribution in [3.05, 3.63) is 30.3 Å². The van der Waals surface area contributed by atoms with Gasteiger partial charge in [0.2, 0.25) is 11.8 Å². The second-order valence-corrected chi connectivity index (χ2v) is 7.41. The topological polar surface area (TPSA) is 57.7 Å². The van der Waals surface area contributed by atoms with Gasteiger partial charge >= 0.3 is 0 Å². The molecule has 3 heterocycles. The summed E-state index contributed by atoms with van der Waals surface area (Å²) in [4.78, 5) is 40.5. The molecule has 2 bridgehead atoms. The fourth-order valence-electron chi connectivity index (χ4n) is 3.91. The fourth-order valence-corrected chi connectivity index (χ4v) is 5.17. The number of para-hydroxylation sites is 1. The SMILES string of the molecule is CS[C@]12[C@H](C(C)=O)C[C@](C)(C(=O)N1C)C(=O)N2c1ccccc1. The number of hydrogen-bond donors (Lipinski definition) is 0. The van der Waals surface area contributed by atoms with Gasteiger partial charge in [0.15, 0.2) is 4.99 Å². The van der Waals surface area contributed by atoms with Crippen LogP contribution in [0.15, 0.2) is 30.3 Å². The van der Waals surface area contributed by atoms with Crippen molar-refractivity contribution in [1.82, 2.24) is 4.90 Å². The van der Waals surface area contributed by atoms with Gasteiger partial charge in [0.05, 0.1) is 5.92 Å². The summed E-state index contributed by atoms with van der Waals surface area (Å²) >= 11 is 1.37. The van der Waals surface area contributed by atoms with E-state index in [4.69, 9.17) is 0 Å². The number of benzene rings is 1. The molecule has 122 valence electrons. The lowest BCUT2D eigenvalue weighted by Gasteiger charge is -2.63. The Morgan fingerprint density at radius 2 is 1.83 bits per heavy atom. The van der Waals surface area contributed by atoms with Crippen molar-refractivity contribution in [2.45, 2.75) is 25.3 Å². The molecular weight excluding hydrogens is 312 g/mol. The Kier molecular flexibility index (Phi) is 3.55. The molecule has 5 nitrogen and oxygen atoms in total. The Balaban J connectivity index is 2.28. The second kappa shape index (κ2) is 5.09. The van der Waals surface area contributed by atoms with Gasteiger partial charge in [-0.3, -0.25) is 19.3 Å². The summed E-state index contributed by atoms with van der Waals surface area (Å²) in [5.74, 6) is -0.846. The molecule has 2 amide bonds. The summed E-state index contributed by atoms with van der Waals surface area (Å²) in [5.41, 5.74) is -0.471. The quantitative estimate of drug-likeness (QED) is 0.796. The first-order valence-corrected chi connectivity index (χ1v) is 8.76. The van der Waals surface area contributed by atoms with Crippen LogP contribution in [-0.2, 0) is 14.4 Å². The first-order valence-electron chi connectivity index (χ1n) is 7.54. The van der Waals surface area contributed by atoms with Crippen LogP contribution < -0.4 is 4.90 Å². The van der Waals surface area contributed by atoms with E-state index in [-0.39, 0.29) is 24.0 Å². The smallest absolute Gasteiger partial charge is 0.245 e. The van der Waals surface area contributed by atoms with Gasteiger partial charge in [0.25, 0.3) is 0 Å². The predicted molar refractivity (Wildman–Crippen MR) is 89.8 cm³/mol. The van der Waals surface area contributed by atoms with Gasteiger partial charge < -0.3 is 4.90 Å². The van der Waals surface area contributed by atoms with Gasteiger partial charge in [0, 0.05) is 12.7 Å². The molecule has 0 N–H and O–H groups in total. The van der Waals surface area contributed by atoms with E-state index in [0.717, 1.165) is 0 Å². The molecule has 0 radical (unpaired) electrons. The summed E-state index contributed by atoms with van der Waals surface area (Å²) < 4.78 is 0. The molecule has 23 heavy (non-hydrogen) atoms. The third kappa shape index (κ3) is 1.84. The van der Waals surface area contributed by atoms with Gasteiger partial charge in [-0.25, -0.2) is 0 Å². The average molecular weight is 332 g/mol. The number of fused-ring (bicyclic) bond motifs is 3. The van der Waals surface area contributed by atoms with E-state index in [0.29, 0.717) is 5.69 Å². The zero-order valence-corrected chi connectivity index (χ0v) is 14.5. The minimum absolute atomic E-state index is 0.00152. The highest BCUT2D eigenvalue weighted by Crippen LogP contribution is 2.57. The van der Waals surface area contributed by atoms with Crippen molar-refractivity contribution in [1.29, 1.82) is 0 Å². The number of carbonyl (C=O) groups is 3. The van der Waals surface area contributed by atoms with Gasteiger partial charge in [-0.2, -0.15) is 0 Å². The van der Waals surface area contributed by atoms with E-state index in [9.17, 15) is 14.4 Å². The van der Waals surface area contributed by atoms with Crippen LogP contribution in [0.4, 0.5) is 5.69 Å². The van der Waals surface area contributed by atoms with Crippen LogP contribution in [0.3, 0.4) is 0 Å². The third-order valence-corrected chi connectivity index (χ3v) is 6.47. The van der Waals surface area contributed by atoms with Gasteiger partial charge in [0.1, 0.15) is 11.2 Å². The van der Waals surface area contributed by atoms with Gasteiger partial charge in [-0.05, 0) is 38.7 Å². The first kappa shape index (κ1) is 16.1. The summed E-state index contributed by atoms with van der Waals surface area (Å²) in [5, 5.41) is 0. The zero-order chi connectivity index (χ0) is 17.0. The highest BCUT2D eigenvalue weighted by atomic mass is 32.2. The lowest BCUT2D eigenvalue weighted by atomic mass is 9.68. The molecule has 3 aliphatic heterocycles. The molecule has 0 saturated carbocycles. The third-order valence-electron chi connectivity index (χ3n) is 5.12.